The molecule has 0 atom stereocenters. The van der Waals surface area contributed by atoms with Crippen molar-refractivity contribution in [2.24, 2.45) is 5.41 Å². The van der Waals surface area contributed by atoms with Crippen LogP contribution in [0.15, 0.2) is 53.9 Å². The number of thiophene rings is 1. The Bertz CT molecular complexity index is 2040. The number of hydrogen-bond donors (Lipinski definition) is 3. The molecule has 3 amide bonds. The smallest absolute Gasteiger partial charge is 0.407 e. The number of nitrogens with one attached hydrogen (secondary N) is 3. The molecule has 12 heteroatoms. The molecule has 0 bridgehead atoms. The Kier molecular flexibility index (Phi) is 10.4. The first-order valence-corrected chi connectivity index (χ1v) is 18.2. The number of benzene rings is 2. The van der Waals surface area contributed by atoms with E-state index >= 15 is 0 Å². The molecular formula is C40H44N4O7S. The van der Waals surface area contributed by atoms with Gasteiger partial charge in [-0.15, -0.1) is 11.3 Å². The zero-order chi connectivity index (χ0) is 37.2. The third kappa shape index (κ3) is 8.12. The van der Waals surface area contributed by atoms with Gasteiger partial charge in [0.15, 0.2) is 5.69 Å². The highest BCUT2D eigenvalue weighted by atomic mass is 32.1. The van der Waals surface area contributed by atoms with Gasteiger partial charge in [0, 0.05) is 52.3 Å². The molecular weight excluding hydrogens is 681 g/mol. The molecule has 0 saturated heterocycles. The molecule has 3 N–H and O–H groups in total. The topological polar surface area (TPSA) is 145 Å². The van der Waals surface area contributed by atoms with Crippen LogP contribution in [0.2, 0.25) is 0 Å². The van der Waals surface area contributed by atoms with Crippen LogP contribution >= 0.6 is 11.3 Å². The molecule has 52 heavy (non-hydrogen) atoms. The van der Waals surface area contributed by atoms with Crippen LogP contribution in [0, 0.1) is 12.3 Å². The maximum atomic E-state index is 14.3. The van der Waals surface area contributed by atoms with Crippen molar-refractivity contribution in [2.75, 3.05) is 25.6 Å². The summed E-state index contributed by atoms with van der Waals surface area (Å²) < 4.78 is 16.7. The van der Waals surface area contributed by atoms with Crippen molar-refractivity contribution >= 4 is 40.9 Å². The zero-order valence-electron chi connectivity index (χ0n) is 30.4. The van der Waals surface area contributed by atoms with Crippen LogP contribution in [-0.4, -0.2) is 54.7 Å². The molecule has 1 aliphatic carbocycles. The van der Waals surface area contributed by atoms with E-state index in [1.807, 2.05) is 24.4 Å². The number of carbonyl (C=O) groups excluding carboxylic acids is 4. The lowest BCUT2D eigenvalue weighted by molar-refractivity contribution is 0.0522. The highest BCUT2D eigenvalue weighted by molar-refractivity contribution is 7.13. The summed E-state index contributed by atoms with van der Waals surface area (Å²) >= 11 is 1.57. The molecule has 2 aromatic carbocycles. The molecule has 1 fully saturated rings. The summed E-state index contributed by atoms with van der Waals surface area (Å²) in [5.41, 5.74) is 4.49. The lowest BCUT2D eigenvalue weighted by Crippen LogP contribution is -2.40. The fourth-order valence-corrected chi connectivity index (χ4v) is 7.35. The van der Waals surface area contributed by atoms with Gasteiger partial charge in [-0.1, -0.05) is 25.5 Å². The summed E-state index contributed by atoms with van der Waals surface area (Å²) in [6.45, 7) is 10.6. The van der Waals surface area contributed by atoms with E-state index in [-0.39, 0.29) is 28.9 Å². The number of ether oxygens (including phenoxy) is 3. The predicted molar refractivity (Wildman–Crippen MR) is 200 cm³/mol. The molecule has 3 heterocycles. The molecule has 272 valence electrons. The van der Waals surface area contributed by atoms with Crippen LogP contribution in [0.5, 0.6) is 5.75 Å². The number of hydrogen-bond acceptors (Lipinski definition) is 9. The fourth-order valence-electron chi connectivity index (χ4n) is 6.38. The normalized spacial score (nSPS) is 14.3. The summed E-state index contributed by atoms with van der Waals surface area (Å²) in [6.07, 6.45) is 3.41. The van der Waals surface area contributed by atoms with Gasteiger partial charge in [-0.3, -0.25) is 9.59 Å². The van der Waals surface area contributed by atoms with Gasteiger partial charge in [0.25, 0.3) is 11.8 Å². The van der Waals surface area contributed by atoms with Gasteiger partial charge in [0.05, 0.1) is 13.7 Å². The molecule has 1 aliphatic heterocycles. The first kappa shape index (κ1) is 36.6. The van der Waals surface area contributed by atoms with Gasteiger partial charge in [-0.2, -0.15) is 0 Å². The number of alkyl carbamates (subject to hydrolysis) is 1. The maximum absolute atomic E-state index is 14.3. The number of anilines is 1. The second-order valence-electron chi connectivity index (χ2n) is 14.7. The fraction of sp³-hybridized carbons (Fsp3) is 0.375. The van der Waals surface area contributed by atoms with Gasteiger partial charge in [-0.05, 0) is 104 Å². The molecule has 0 unspecified atom stereocenters. The van der Waals surface area contributed by atoms with Crippen LogP contribution in [-0.2, 0) is 22.4 Å². The molecule has 11 nitrogen and oxygen atoms in total. The highest BCUT2D eigenvalue weighted by Crippen LogP contribution is 2.44. The maximum Gasteiger partial charge on any atom is 0.407 e. The number of methoxy groups -OCH3 is 1. The van der Waals surface area contributed by atoms with Crippen molar-refractivity contribution in [1.29, 1.82) is 0 Å². The summed E-state index contributed by atoms with van der Waals surface area (Å²) in [5.74, 6) is -0.991. The van der Waals surface area contributed by atoms with E-state index in [9.17, 15) is 19.2 Å². The number of amides is 3. The summed E-state index contributed by atoms with van der Waals surface area (Å²) in [5, 5.41) is 10.8. The Morgan fingerprint density at radius 2 is 1.75 bits per heavy atom. The average molecular weight is 725 g/mol. The number of carbonyl (C=O) groups is 4. The number of esters is 1. The second-order valence-corrected chi connectivity index (χ2v) is 15.6. The quantitative estimate of drug-likeness (QED) is 0.149. The van der Waals surface area contributed by atoms with Crippen molar-refractivity contribution < 1.29 is 33.4 Å². The predicted octanol–water partition coefficient (Wildman–Crippen LogP) is 7.70. The molecule has 2 aliphatic rings. The van der Waals surface area contributed by atoms with Crippen molar-refractivity contribution in [3.8, 4) is 27.3 Å². The number of rotatable bonds is 9. The largest absolute Gasteiger partial charge is 0.493 e. The SMILES string of the molecule is COC(=O)c1nc(C(=O)NCC2(C)CCC2)ccc1-c1cc2c(cc1C(=O)Nc1ccc(CNC(=O)OC(C)(C)C)cc1C)-c1sccc1CCO2. The van der Waals surface area contributed by atoms with Crippen molar-refractivity contribution in [2.45, 2.75) is 72.4 Å². The van der Waals surface area contributed by atoms with Gasteiger partial charge in [0.2, 0.25) is 0 Å². The molecule has 6 rings (SSSR count). The third-order valence-electron chi connectivity index (χ3n) is 9.39. The van der Waals surface area contributed by atoms with Crippen LogP contribution in [0.1, 0.15) is 95.0 Å². The Morgan fingerprint density at radius 3 is 2.44 bits per heavy atom. The van der Waals surface area contributed by atoms with Gasteiger partial charge < -0.3 is 30.2 Å². The number of aromatic nitrogens is 1. The first-order valence-electron chi connectivity index (χ1n) is 17.4. The van der Waals surface area contributed by atoms with E-state index in [4.69, 9.17) is 14.2 Å². The minimum Gasteiger partial charge on any atom is -0.493 e. The van der Waals surface area contributed by atoms with E-state index in [2.05, 4.69) is 33.9 Å². The zero-order valence-corrected chi connectivity index (χ0v) is 31.2. The van der Waals surface area contributed by atoms with Crippen LogP contribution in [0.25, 0.3) is 21.6 Å². The minimum absolute atomic E-state index is 0.0585. The Morgan fingerprint density at radius 1 is 0.962 bits per heavy atom. The summed E-state index contributed by atoms with van der Waals surface area (Å²) in [6, 6.07) is 14.3. The number of fused-ring (bicyclic) bond motifs is 3. The van der Waals surface area contributed by atoms with E-state index in [0.717, 1.165) is 46.4 Å². The third-order valence-corrected chi connectivity index (χ3v) is 10.4. The summed E-state index contributed by atoms with van der Waals surface area (Å²) in [4.78, 5) is 58.5. The van der Waals surface area contributed by atoms with Gasteiger partial charge >= 0.3 is 12.1 Å². The summed E-state index contributed by atoms with van der Waals surface area (Å²) in [7, 11) is 1.25. The highest BCUT2D eigenvalue weighted by Gasteiger charge is 2.33. The van der Waals surface area contributed by atoms with Crippen molar-refractivity contribution in [1.82, 2.24) is 15.6 Å². The Labute approximate surface area is 307 Å². The van der Waals surface area contributed by atoms with Gasteiger partial charge in [0.1, 0.15) is 17.0 Å². The molecule has 4 aromatic rings. The van der Waals surface area contributed by atoms with Crippen LogP contribution in [0.4, 0.5) is 10.5 Å². The number of nitrogens with zero attached hydrogens (tertiary/aromatic N) is 1. The van der Waals surface area contributed by atoms with Crippen LogP contribution < -0.4 is 20.7 Å². The molecule has 2 aromatic heterocycles. The molecule has 0 spiro atoms. The second kappa shape index (κ2) is 14.8. The Balaban J connectivity index is 1.35. The van der Waals surface area contributed by atoms with E-state index in [1.165, 1.54) is 7.11 Å². The number of pyridine rings is 1. The minimum atomic E-state index is -0.746. The van der Waals surface area contributed by atoms with E-state index in [0.29, 0.717) is 42.1 Å². The van der Waals surface area contributed by atoms with Crippen LogP contribution in [0.3, 0.4) is 0 Å². The lowest BCUT2D eigenvalue weighted by atomic mass is 9.70. The average Bonchev–Trinajstić information content (AvgIpc) is 3.49. The van der Waals surface area contributed by atoms with Crippen molar-refractivity contribution in [3.63, 3.8) is 0 Å². The first-order chi connectivity index (χ1) is 24.7. The Hall–Kier alpha value is -5.23. The van der Waals surface area contributed by atoms with Crippen molar-refractivity contribution in [3.05, 3.63) is 87.6 Å². The van der Waals surface area contributed by atoms with E-state index in [1.54, 1.807) is 62.4 Å². The van der Waals surface area contributed by atoms with Gasteiger partial charge in [-0.25, -0.2) is 14.6 Å². The van der Waals surface area contributed by atoms with E-state index < -0.39 is 29.5 Å². The monoisotopic (exact) mass is 724 g/mol. The molecule has 1 saturated carbocycles. The number of aryl methyl sites for hydroxylation is 1. The lowest BCUT2D eigenvalue weighted by Gasteiger charge is -2.38. The molecule has 0 radical (unpaired) electrons. The standard InChI is InChI=1S/C40H44N4O7S/c1-23-18-24(21-41-38(48)51-39(2,3)4)8-10-30(23)44-35(45)28-19-29-32(50-16-12-25-13-17-52-34(25)29)20-27(28)26-9-11-31(43-33(26)37(47)49-6)36(46)42-22-40(5)14-7-15-40/h8-11,13,17-20H,7,12,14-16,21-22H2,1-6H3,(H,41,48)(H,42,46)(H,44,45).